The molecule has 1 amide bonds. The monoisotopic (exact) mass is 395 g/mol. The number of carbonyl (C=O) groups excluding carboxylic acids is 3. The van der Waals surface area contributed by atoms with Crippen LogP contribution in [0.4, 0.5) is 5.69 Å². The van der Waals surface area contributed by atoms with Gasteiger partial charge in [-0.15, -0.1) is 0 Å². The molecule has 136 valence electrons. The van der Waals surface area contributed by atoms with Crippen LogP contribution in [0.15, 0.2) is 42.5 Å². The van der Waals surface area contributed by atoms with Crippen LogP contribution in [0.5, 0.6) is 5.75 Å². The standard InChI is InChI=1S/C18H15Cl2NO5/c1-11(22)12-2-5-14(6-3-12)21-17(23)9-26-18(24)10-25-16-7-4-13(19)8-15(16)20/h2-8H,9-10H2,1H3,(H,21,23). The zero-order valence-corrected chi connectivity index (χ0v) is 15.3. The number of anilines is 1. The molecule has 2 rings (SSSR count). The highest BCUT2D eigenvalue weighted by Crippen LogP contribution is 2.27. The Hall–Kier alpha value is -2.57. The molecule has 0 aliphatic carbocycles. The Morgan fingerprint density at radius 1 is 1.00 bits per heavy atom. The SMILES string of the molecule is CC(=O)c1ccc(NC(=O)COC(=O)COc2ccc(Cl)cc2Cl)cc1. The van der Waals surface area contributed by atoms with E-state index < -0.39 is 25.1 Å². The van der Waals surface area contributed by atoms with E-state index in [0.717, 1.165) is 0 Å². The van der Waals surface area contributed by atoms with E-state index in [1.807, 2.05) is 0 Å². The fourth-order valence-electron chi connectivity index (χ4n) is 1.90. The number of esters is 1. The summed E-state index contributed by atoms with van der Waals surface area (Å²) in [6.07, 6.45) is 0. The number of hydrogen-bond donors (Lipinski definition) is 1. The number of Topliss-reactive ketones (excluding diaryl/α,β-unsaturated/α-hetero) is 1. The van der Waals surface area contributed by atoms with Gasteiger partial charge in [-0.05, 0) is 49.4 Å². The van der Waals surface area contributed by atoms with Crippen molar-refractivity contribution in [1.82, 2.24) is 0 Å². The van der Waals surface area contributed by atoms with Crippen molar-refractivity contribution in [3.8, 4) is 5.75 Å². The molecule has 6 nitrogen and oxygen atoms in total. The van der Waals surface area contributed by atoms with E-state index in [1.165, 1.54) is 19.1 Å². The third-order valence-electron chi connectivity index (χ3n) is 3.18. The topological polar surface area (TPSA) is 81.7 Å². The second-order valence-corrected chi connectivity index (χ2v) is 6.05. The molecule has 0 unspecified atom stereocenters. The molecule has 0 aromatic heterocycles. The molecule has 0 aliphatic heterocycles. The molecule has 1 N–H and O–H groups in total. The van der Waals surface area contributed by atoms with Gasteiger partial charge in [0.2, 0.25) is 0 Å². The Labute approximate surface area is 160 Å². The van der Waals surface area contributed by atoms with Crippen molar-refractivity contribution in [3.05, 3.63) is 58.1 Å². The molecule has 0 saturated carbocycles. The van der Waals surface area contributed by atoms with Gasteiger partial charge in [-0.25, -0.2) is 4.79 Å². The first-order valence-corrected chi connectivity index (χ1v) is 8.25. The summed E-state index contributed by atoms with van der Waals surface area (Å²) in [5.74, 6) is -1.03. The Bertz CT molecular complexity index is 821. The lowest BCUT2D eigenvalue weighted by molar-refractivity contribution is -0.149. The summed E-state index contributed by atoms with van der Waals surface area (Å²) in [7, 11) is 0. The van der Waals surface area contributed by atoms with Gasteiger partial charge in [-0.2, -0.15) is 0 Å². The summed E-state index contributed by atoms with van der Waals surface area (Å²) in [5.41, 5.74) is 1.02. The average molecular weight is 396 g/mol. The van der Waals surface area contributed by atoms with Crippen molar-refractivity contribution in [3.63, 3.8) is 0 Å². The maximum absolute atomic E-state index is 11.8. The molecule has 0 atom stereocenters. The van der Waals surface area contributed by atoms with Crippen LogP contribution in [0, 0.1) is 0 Å². The minimum Gasteiger partial charge on any atom is -0.480 e. The van der Waals surface area contributed by atoms with Crippen LogP contribution in [0.3, 0.4) is 0 Å². The van der Waals surface area contributed by atoms with Gasteiger partial charge in [0, 0.05) is 16.3 Å². The zero-order chi connectivity index (χ0) is 19.1. The number of rotatable bonds is 7. The molecule has 2 aromatic rings. The number of ether oxygens (including phenoxy) is 2. The predicted molar refractivity (Wildman–Crippen MR) is 98.0 cm³/mol. The van der Waals surface area contributed by atoms with Gasteiger partial charge >= 0.3 is 5.97 Å². The number of carbonyl (C=O) groups is 3. The fourth-order valence-corrected chi connectivity index (χ4v) is 2.37. The molecule has 0 heterocycles. The van der Waals surface area contributed by atoms with E-state index in [-0.39, 0.29) is 16.6 Å². The van der Waals surface area contributed by atoms with Gasteiger partial charge in [-0.3, -0.25) is 9.59 Å². The maximum atomic E-state index is 11.8. The van der Waals surface area contributed by atoms with Crippen molar-refractivity contribution < 1.29 is 23.9 Å². The summed E-state index contributed by atoms with van der Waals surface area (Å²) < 4.78 is 10.0. The van der Waals surface area contributed by atoms with Crippen LogP contribution in [-0.4, -0.2) is 30.9 Å². The first kappa shape index (κ1) is 19.8. The molecular weight excluding hydrogens is 381 g/mol. The van der Waals surface area contributed by atoms with Gasteiger partial charge < -0.3 is 14.8 Å². The van der Waals surface area contributed by atoms with Gasteiger partial charge in [0.05, 0.1) is 5.02 Å². The smallest absolute Gasteiger partial charge is 0.344 e. The lowest BCUT2D eigenvalue weighted by atomic mass is 10.1. The Balaban J connectivity index is 1.76. The lowest BCUT2D eigenvalue weighted by Crippen LogP contribution is -2.23. The van der Waals surface area contributed by atoms with Crippen molar-refractivity contribution in [2.24, 2.45) is 0 Å². The highest BCUT2D eigenvalue weighted by Gasteiger charge is 2.10. The third-order valence-corrected chi connectivity index (χ3v) is 3.71. The van der Waals surface area contributed by atoms with Crippen molar-refractivity contribution in [2.45, 2.75) is 6.92 Å². The number of hydrogen-bond acceptors (Lipinski definition) is 5. The zero-order valence-electron chi connectivity index (χ0n) is 13.8. The largest absolute Gasteiger partial charge is 0.480 e. The summed E-state index contributed by atoms with van der Waals surface area (Å²) >= 11 is 11.7. The second kappa shape index (κ2) is 9.22. The van der Waals surface area contributed by atoms with E-state index in [9.17, 15) is 14.4 Å². The number of halogens is 2. The summed E-state index contributed by atoms with van der Waals surface area (Å²) in [6, 6.07) is 10.9. The van der Waals surface area contributed by atoms with E-state index in [1.54, 1.807) is 30.3 Å². The van der Waals surface area contributed by atoms with E-state index in [4.69, 9.17) is 32.7 Å². The van der Waals surface area contributed by atoms with Crippen molar-refractivity contribution in [1.29, 1.82) is 0 Å². The molecule has 8 heteroatoms. The molecule has 0 spiro atoms. The van der Waals surface area contributed by atoms with Crippen molar-refractivity contribution in [2.75, 3.05) is 18.5 Å². The molecule has 26 heavy (non-hydrogen) atoms. The van der Waals surface area contributed by atoms with Crippen LogP contribution in [0.25, 0.3) is 0 Å². The average Bonchev–Trinajstić information content (AvgIpc) is 2.59. The van der Waals surface area contributed by atoms with Crippen LogP contribution in [-0.2, 0) is 14.3 Å². The van der Waals surface area contributed by atoms with Gasteiger partial charge in [0.25, 0.3) is 5.91 Å². The van der Waals surface area contributed by atoms with Crippen molar-refractivity contribution >= 4 is 46.5 Å². The Morgan fingerprint density at radius 3 is 2.31 bits per heavy atom. The first-order valence-electron chi connectivity index (χ1n) is 7.49. The minimum absolute atomic E-state index is 0.0717. The molecule has 2 aromatic carbocycles. The molecular formula is C18H15Cl2NO5. The number of amides is 1. The van der Waals surface area contributed by atoms with Gasteiger partial charge in [0.1, 0.15) is 5.75 Å². The highest BCUT2D eigenvalue weighted by atomic mass is 35.5. The van der Waals surface area contributed by atoms with Crippen LogP contribution in [0.1, 0.15) is 17.3 Å². The number of nitrogens with one attached hydrogen (secondary N) is 1. The third kappa shape index (κ3) is 6.06. The predicted octanol–water partition coefficient (Wildman–Crippen LogP) is 3.76. The van der Waals surface area contributed by atoms with E-state index in [2.05, 4.69) is 5.32 Å². The summed E-state index contributed by atoms with van der Waals surface area (Å²) in [6.45, 7) is 0.583. The van der Waals surface area contributed by atoms with Crippen LogP contribution in [0.2, 0.25) is 10.0 Å². The highest BCUT2D eigenvalue weighted by molar-refractivity contribution is 6.35. The van der Waals surface area contributed by atoms with Crippen LogP contribution < -0.4 is 10.1 Å². The maximum Gasteiger partial charge on any atom is 0.344 e. The van der Waals surface area contributed by atoms with Gasteiger partial charge in [0.15, 0.2) is 19.0 Å². The van der Waals surface area contributed by atoms with E-state index >= 15 is 0 Å². The molecule has 0 radical (unpaired) electrons. The second-order valence-electron chi connectivity index (χ2n) is 5.21. The minimum atomic E-state index is -0.724. The molecule has 0 bridgehead atoms. The fraction of sp³-hybridized carbons (Fsp3) is 0.167. The number of ketones is 1. The quantitative estimate of drug-likeness (QED) is 0.570. The number of benzene rings is 2. The lowest BCUT2D eigenvalue weighted by Gasteiger charge is -2.09. The van der Waals surface area contributed by atoms with E-state index in [0.29, 0.717) is 16.3 Å². The Kier molecular flexibility index (Phi) is 7.00. The molecule has 0 fully saturated rings. The normalized spacial score (nSPS) is 10.1. The first-order chi connectivity index (χ1) is 12.3. The summed E-state index contributed by atoms with van der Waals surface area (Å²) in [5, 5.41) is 3.25. The van der Waals surface area contributed by atoms with Crippen LogP contribution >= 0.6 is 23.2 Å². The summed E-state index contributed by atoms with van der Waals surface area (Å²) in [4.78, 5) is 34.6. The Morgan fingerprint density at radius 2 is 1.69 bits per heavy atom. The van der Waals surface area contributed by atoms with Gasteiger partial charge in [-0.1, -0.05) is 23.2 Å². The molecule has 0 saturated heterocycles. The molecule has 0 aliphatic rings.